The maximum absolute atomic E-state index is 13.2. The van der Waals surface area contributed by atoms with Crippen LogP contribution in [0, 0.1) is 12.7 Å². The molecule has 1 rings (SSSR count). The van der Waals surface area contributed by atoms with Crippen molar-refractivity contribution in [2.75, 3.05) is 5.32 Å². The van der Waals surface area contributed by atoms with Crippen molar-refractivity contribution in [1.29, 1.82) is 0 Å². The van der Waals surface area contributed by atoms with E-state index in [9.17, 15) is 9.18 Å². The Hall–Kier alpha value is -1.58. The summed E-state index contributed by atoms with van der Waals surface area (Å²) in [6.07, 6.45) is 1.94. The molecule has 1 aromatic carbocycles. The third-order valence-electron chi connectivity index (χ3n) is 2.53. The largest absolute Gasteiger partial charge is 0.335 e. The summed E-state index contributed by atoms with van der Waals surface area (Å²) in [5, 5.41) is 5.40. The van der Waals surface area contributed by atoms with Gasteiger partial charge in [-0.1, -0.05) is 19.4 Å². The lowest BCUT2D eigenvalue weighted by Gasteiger charge is -2.13. The number of rotatable bonds is 4. The number of anilines is 1. The number of aryl methyl sites for hydroxylation is 1. The second kappa shape index (κ2) is 6.23. The Morgan fingerprint density at radius 2 is 2.18 bits per heavy atom. The minimum Gasteiger partial charge on any atom is -0.335 e. The first-order chi connectivity index (χ1) is 8.02. The highest BCUT2D eigenvalue weighted by Gasteiger charge is 2.07. The monoisotopic (exact) mass is 238 g/mol. The van der Waals surface area contributed by atoms with Crippen LogP contribution in [0.15, 0.2) is 18.2 Å². The van der Waals surface area contributed by atoms with Gasteiger partial charge in [-0.25, -0.2) is 9.18 Å². The summed E-state index contributed by atoms with van der Waals surface area (Å²) in [4.78, 5) is 11.5. The number of carbonyl (C=O) groups excluding carboxylic acids is 1. The van der Waals surface area contributed by atoms with Crippen molar-refractivity contribution in [2.24, 2.45) is 0 Å². The van der Waals surface area contributed by atoms with Crippen LogP contribution in [-0.2, 0) is 0 Å². The van der Waals surface area contributed by atoms with Crippen molar-refractivity contribution >= 4 is 11.7 Å². The van der Waals surface area contributed by atoms with Crippen molar-refractivity contribution in [3.8, 4) is 0 Å². The van der Waals surface area contributed by atoms with Crippen molar-refractivity contribution in [2.45, 2.75) is 39.7 Å². The molecule has 0 aliphatic heterocycles. The standard InChI is InChI=1S/C13H19FN2O/c1-4-5-10(3)15-13(17)16-11-7-6-9(2)12(14)8-11/h6-8,10H,4-5H2,1-3H3,(H2,15,16,17)/t10-/m1/s1. The van der Waals surface area contributed by atoms with Crippen LogP contribution < -0.4 is 10.6 Å². The van der Waals surface area contributed by atoms with E-state index in [0.717, 1.165) is 12.8 Å². The predicted octanol–water partition coefficient (Wildman–Crippen LogP) is 3.44. The van der Waals surface area contributed by atoms with E-state index in [-0.39, 0.29) is 17.9 Å². The van der Waals surface area contributed by atoms with Gasteiger partial charge in [0.15, 0.2) is 0 Å². The van der Waals surface area contributed by atoms with Crippen molar-refractivity contribution in [1.82, 2.24) is 5.32 Å². The normalized spacial score (nSPS) is 12.0. The second-order valence-electron chi connectivity index (χ2n) is 4.25. The van der Waals surface area contributed by atoms with Gasteiger partial charge in [0, 0.05) is 11.7 Å². The van der Waals surface area contributed by atoms with Crippen LogP contribution in [0.25, 0.3) is 0 Å². The highest BCUT2D eigenvalue weighted by atomic mass is 19.1. The van der Waals surface area contributed by atoms with Gasteiger partial charge >= 0.3 is 6.03 Å². The summed E-state index contributed by atoms with van der Waals surface area (Å²) >= 11 is 0. The van der Waals surface area contributed by atoms with Crippen LogP contribution in [0.1, 0.15) is 32.3 Å². The molecule has 17 heavy (non-hydrogen) atoms. The number of hydrogen-bond acceptors (Lipinski definition) is 1. The zero-order valence-electron chi connectivity index (χ0n) is 10.5. The van der Waals surface area contributed by atoms with Gasteiger partial charge in [-0.3, -0.25) is 0 Å². The Kier molecular flexibility index (Phi) is 4.94. The lowest BCUT2D eigenvalue weighted by molar-refractivity contribution is 0.248. The molecule has 0 bridgehead atoms. The summed E-state index contributed by atoms with van der Waals surface area (Å²) in [6.45, 7) is 5.69. The molecule has 0 unspecified atom stereocenters. The Morgan fingerprint density at radius 1 is 1.47 bits per heavy atom. The highest BCUT2D eigenvalue weighted by Crippen LogP contribution is 2.13. The van der Waals surface area contributed by atoms with E-state index in [1.165, 1.54) is 6.07 Å². The van der Waals surface area contributed by atoms with Gasteiger partial charge in [-0.05, 0) is 38.0 Å². The van der Waals surface area contributed by atoms with E-state index in [1.54, 1.807) is 19.1 Å². The van der Waals surface area contributed by atoms with E-state index in [1.807, 2.05) is 6.92 Å². The second-order valence-corrected chi connectivity index (χ2v) is 4.25. The molecule has 2 N–H and O–H groups in total. The Bertz CT molecular complexity index is 393. The van der Waals surface area contributed by atoms with Crippen LogP contribution in [0.4, 0.5) is 14.9 Å². The SMILES string of the molecule is CCC[C@@H](C)NC(=O)Nc1ccc(C)c(F)c1. The Morgan fingerprint density at radius 3 is 2.76 bits per heavy atom. The molecule has 0 heterocycles. The van der Waals surface area contributed by atoms with Gasteiger partial charge in [0.25, 0.3) is 0 Å². The van der Waals surface area contributed by atoms with Crippen molar-refractivity contribution in [3.05, 3.63) is 29.6 Å². The maximum Gasteiger partial charge on any atom is 0.319 e. The van der Waals surface area contributed by atoms with E-state index in [0.29, 0.717) is 11.3 Å². The summed E-state index contributed by atoms with van der Waals surface area (Å²) < 4.78 is 13.2. The lowest BCUT2D eigenvalue weighted by atomic mass is 10.2. The summed E-state index contributed by atoms with van der Waals surface area (Å²) in [7, 11) is 0. The minimum atomic E-state index is -0.315. The fourth-order valence-corrected chi connectivity index (χ4v) is 1.57. The van der Waals surface area contributed by atoms with Gasteiger partial charge < -0.3 is 10.6 Å². The first-order valence-electron chi connectivity index (χ1n) is 5.86. The fraction of sp³-hybridized carbons (Fsp3) is 0.462. The third kappa shape index (κ3) is 4.43. The molecule has 1 aromatic rings. The van der Waals surface area contributed by atoms with Crippen molar-refractivity contribution in [3.63, 3.8) is 0 Å². The van der Waals surface area contributed by atoms with Crippen molar-refractivity contribution < 1.29 is 9.18 Å². The number of carbonyl (C=O) groups is 1. The molecule has 0 saturated heterocycles. The zero-order chi connectivity index (χ0) is 12.8. The third-order valence-corrected chi connectivity index (χ3v) is 2.53. The first kappa shape index (κ1) is 13.5. The molecule has 3 nitrogen and oxygen atoms in total. The van der Waals surface area contributed by atoms with Gasteiger partial charge in [-0.2, -0.15) is 0 Å². The molecule has 2 amide bonds. The van der Waals surface area contributed by atoms with Crippen LogP contribution in [-0.4, -0.2) is 12.1 Å². The van der Waals surface area contributed by atoms with Gasteiger partial charge in [0.05, 0.1) is 0 Å². The summed E-state index contributed by atoms with van der Waals surface area (Å²) in [5.41, 5.74) is 1.03. The quantitative estimate of drug-likeness (QED) is 0.828. The highest BCUT2D eigenvalue weighted by molar-refractivity contribution is 5.89. The number of amides is 2. The molecule has 1 atom stereocenters. The van der Waals surface area contributed by atoms with Gasteiger partial charge in [0.2, 0.25) is 0 Å². The van der Waals surface area contributed by atoms with Crippen LogP contribution in [0.3, 0.4) is 0 Å². The maximum atomic E-state index is 13.2. The fourth-order valence-electron chi connectivity index (χ4n) is 1.57. The van der Waals surface area contributed by atoms with E-state index in [2.05, 4.69) is 17.6 Å². The van der Waals surface area contributed by atoms with E-state index < -0.39 is 0 Å². The topological polar surface area (TPSA) is 41.1 Å². The van der Waals surface area contributed by atoms with E-state index in [4.69, 9.17) is 0 Å². The lowest BCUT2D eigenvalue weighted by Crippen LogP contribution is -2.35. The van der Waals surface area contributed by atoms with Crippen LogP contribution >= 0.6 is 0 Å². The Balaban J connectivity index is 2.53. The van der Waals surface area contributed by atoms with E-state index >= 15 is 0 Å². The molecule has 0 saturated carbocycles. The molecule has 4 heteroatoms. The average molecular weight is 238 g/mol. The van der Waals surface area contributed by atoms with Gasteiger partial charge in [-0.15, -0.1) is 0 Å². The molecule has 0 aliphatic carbocycles. The smallest absolute Gasteiger partial charge is 0.319 e. The number of urea groups is 1. The Labute approximate surface area is 101 Å². The van der Waals surface area contributed by atoms with Crippen LogP contribution in [0.2, 0.25) is 0 Å². The van der Waals surface area contributed by atoms with Crippen LogP contribution in [0.5, 0.6) is 0 Å². The minimum absolute atomic E-state index is 0.121. The zero-order valence-corrected chi connectivity index (χ0v) is 10.5. The summed E-state index contributed by atoms with van der Waals surface area (Å²) in [5.74, 6) is -0.315. The molecular weight excluding hydrogens is 219 g/mol. The molecule has 94 valence electrons. The summed E-state index contributed by atoms with van der Waals surface area (Å²) in [6, 6.07) is 4.46. The number of halogens is 1. The molecule has 0 fully saturated rings. The molecular formula is C13H19FN2O. The van der Waals surface area contributed by atoms with Gasteiger partial charge in [0.1, 0.15) is 5.82 Å². The average Bonchev–Trinajstić information content (AvgIpc) is 2.23. The molecule has 0 aromatic heterocycles. The first-order valence-corrected chi connectivity index (χ1v) is 5.86. The molecule has 0 aliphatic rings. The molecule has 0 radical (unpaired) electrons. The predicted molar refractivity (Wildman–Crippen MR) is 67.7 cm³/mol. The number of hydrogen-bond donors (Lipinski definition) is 2. The molecule has 0 spiro atoms. The number of nitrogens with one attached hydrogen (secondary N) is 2. The number of benzene rings is 1.